The number of aliphatic hydroxyl groups excluding tert-OH is 1. The Kier molecular flexibility index (Phi) is 9.67. The number of nitrogens with two attached hydrogens (primary N) is 1. The van der Waals surface area contributed by atoms with Crippen LogP contribution in [0.3, 0.4) is 0 Å². The molecule has 3 saturated carbocycles. The van der Waals surface area contributed by atoms with E-state index in [1.54, 1.807) is 29.4 Å². The Labute approximate surface area is 265 Å². The number of amides is 1. The number of hydrogen-bond acceptors (Lipinski definition) is 9. The van der Waals surface area contributed by atoms with Crippen LogP contribution in [-0.2, 0) is 23.9 Å². The summed E-state index contributed by atoms with van der Waals surface area (Å²) in [5.74, 6) is 0.236. The Morgan fingerprint density at radius 3 is 2.82 bits per heavy atom. The molecule has 0 radical (unpaired) electrons. The van der Waals surface area contributed by atoms with E-state index in [2.05, 4.69) is 32.3 Å². The van der Waals surface area contributed by atoms with Crippen LogP contribution in [0.4, 0.5) is 0 Å². The number of morpholine rings is 1. The first-order valence-electron chi connectivity index (χ1n) is 16.0. The van der Waals surface area contributed by atoms with Crippen LogP contribution in [0.15, 0.2) is 37.2 Å². The summed E-state index contributed by atoms with van der Waals surface area (Å²) in [6.07, 6.45) is 7.14. The van der Waals surface area contributed by atoms with Crippen LogP contribution in [0.2, 0.25) is 0 Å². The zero-order chi connectivity index (χ0) is 31.9. The summed E-state index contributed by atoms with van der Waals surface area (Å²) in [5, 5.41) is 11.7. The lowest BCUT2D eigenvalue weighted by Crippen LogP contribution is -2.63. The fourth-order valence-electron chi connectivity index (χ4n) is 8.89. The van der Waals surface area contributed by atoms with Crippen LogP contribution in [0.5, 0.6) is 0 Å². The quantitative estimate of drug-likeness (QED) is 0.325. The molecule has 1 saturated heterocycles. The molecule has 44 heavy (non-hydrogen) atoms. The lowest BCUT2D eigenvalue weighted by Gasteiger charge is -2.61. The molecule has 9 nitrogen and oxygen atoms in total. The number of ether oxygens (including phenoxy) is 2. The van der Waals surface area contributed by atoms with Crippen molar-refractivity contribution in [2.24, 2.45) is 39.7 Å². The molecular weight excluding hydrogens is 578 g/mol. The highest BCUT2D eigenvalue weighted by atomic mass is 32.2. The first-order valence-corrected chi connectivity index (χ1v) is 17.2. The van der Waals surface area contributed by atoms with Gasteiger partial charge in [0, 0.05) is 54.4 Å². The van der Waals surface area contributed by atoms with Crippen molar-refractivity contribution in [1.29, 1.82) is 0 Å². The molecule has 2 bridgehead atoms. The SMILES string of the molecule is C=C[C@]1(C)C[C@@H](OC(=O)CSCC2CN(C(=O)[C@@H](N)c3cccnc3)CCO2)[C@]2(C)C(C)CC[C@]3(CCC(=O)C32)[C@@H](C)[C@@H]1O. The number of nitrogens with zero attached hydrogens (tertiary/aromatic N) is 2. The number of carbonyl (C=O) groups is 3. The molecule has 3 aliphatic carbocycles. The van der Waals surface area contributed by atoms with Crippen molar-refractivity contribution >= 4 is 29.4 Å². The van der Waals surface area contributed by atoms with Gasteiger partial charge in [-0.2, -0.15) is 0 Å². The van der Waals surface area contributed by atoms with Gasteiger partial charge >= 0.3 is 5.97 Å². The van der Waals surface area contributed by atoms with Crippen LogP contribution in [-0.4, -0.2) is 82.2 Å². The standard InChI is InChI=1S/C34H49N3O6S/c1-6-32(4)16-26(33(5)21(2)9-11-34(22(3)30(32)40)12-10-25(38)29(33)34)43-27(39)20-44-19-24-18-37(14-15-42-24)31(41)28(35)23-8-7-13-36-17-23/h6-8,13,17,21-22,24,26,28-30,40H,1,9-12,14-16,18-20,35H2,2-5H3/t21?,22-,24?,26+,28-,29?,30-,32+,33-,34-/m0/s1. The summed E-state index contributed by atoms with van der Waals surface area (Å²) in [4.78, 5) is 45.9. The molecule has 1 aromatic heterocycles. The fraction of sp³-hybridized carbons (Fsp3) is 0.706. The maximum atomic E-state index is 13.6. The first-order chi connectivity index (χ1) is 20.9. The van der Waals surface area contributed by atoms with Crippen molar-refractivity contribution in [3.05, 3.63) is 42.7 Å². The summed E-state index contributed by atoms with van der Waals surface area (Å²) < 4.78 is 12.3. The second kappa shape index (κ2) is 12.9. The van der Waals surface area contributed by atoms with Gasteiger partial charge in [-0.15, -0.1) is 18.3 Å². The van der Waals surface area contributed by atoms with Gasteiger partial charge in [-0.25, -0.2) is 0 Å². The second-order valence-corrected chi connectivity index (χ2v) is 15.2. The largest absolute Gasteiger partial charge is 0.461 e. The molecule has 10 heteroatoms. The molecule has 242 valence electrons. The summed E-state index contributed by atoms with van der Waals surface area (Å²) in [7, 11) is 0. The molecule has 4 aliphatic rings. The molecule has 2 heterocycles. The number of Topliss-reactive ketones (excluding diaryl/α,β-unsaturated/α-hetero) is 1. The van der Waals surface area contributed by atoms with Crippen LogP contribution < -0.4 is 5.73 Å². The molecule has 1 aromatic rings. The van der Waals surface area contributed by atoms with E-state index in [0.717, 1.165) is 19.3 Å². The Morgan fingerprint density at radius 1 is 1.34 bits per heavy atom. The molecule has 0 aromatic carbocycles. The van der Waals surface area contributed by atoms with Crippen LogP contribution in [0, 0.1) is 34.0 Å². The van der Waals surface area contributed by atoms with Crippen molar-refractivity contribution in [3.63, 3.8) is 0 Å². The van der Waals surface area contributed by atoms with E-state index in [1.807, 2.05) is 13.0 Å². The van der Waals surface area contributed by atoms with Crippen molar-refractivity contribution in [1.82, 2.24) is 9.88 Å². The van der Waals surface area contributed by atoms with Gasteiger partial charge in [0.15, 0.2) is 0 Å². The van der Waals surface area contributed by atoms with Gasteiger partial charge in [-0.05, 0) is 54.6 Å². The van der Waals surface area contributed by atoms with Crippen LogP contribution in [0.25, 0.3) is 0 Å². The predicted octanol–water partition coefficient (Wildman–Crippen LogP) is 3.95. The fourth-order valence-corrected chi connectivity index (χ4v) is 9.70. The molecule has 4 fully saturated rings. The molecule has 1 amide bonds. The maximum absolute atomic E-state index is 13.6. The lowest BCUT2D eigenvalue weighted by atomic mass is 9.44. The Bertz CT molecular complexity index is 1250. The topological polar surface area (TPSA) is 132 Å². The predicted molar refractivity (Wildman–Crippen MR) is 169 cm³/mol. The summed E-state index contributed by atoms with van der Waals surface area (Å²) >= 11 is 1.42. The third-order valence-electron chi connectivity index (χ3n) is 11.9. The number of esters is 1. The highest BCUT2D eigenvalue weighted by Gasteiger charge is 2.68. The van der Waals surface area contributed by atoms with E-state index in [-0.39, 0.29) is 52.7 Å². The Hall–Kier alpha value is -2.27. The number of rotatable bonds is 8. The van der Waals surface area contributed by atoms with Gasteiger partial charge in [0.1, 0.15) is 17.9 Å². The summed E-state index contributed by atoms with van der Waals surface area (Å²) in [6.45, 7) is 13.8. The third-order valence-corrected chi connectivity index (χ3v) is 12.9. The van der Waals surface area contributed by atoms with E-state index < -0.39 is 29.1 Å². The van der Waals surface area contributed by atoms with E-state index in [9.17, 15) is 19.5 Å². The number of pyridine rings is 1. The molecule has 10 atom stereocenters. The molecule has 0 spiro atoms. The van der Waals surface area contributed by atoms with E-state index in [1.165, 1.54) is 11.8 Å². The minimum Gasteiger partial charge on any atom is -0.461 e. The lowest BCUT2D eigenvalue weighted by molar-refractivity contribution is -0.205. The van der Waals surface area contributed by atoms with Gasteiger partial charge in [-0.3, -0.25) is 19.4 Å². The van der Waals surface area contributed by atoms with Gasteiger partial charge in [0.2, 0.25) is 5.91 Å². The van der Waals surface area contributed by atoms with Crippen molar-refractivity contribution in [2.45, 2.75) is 84.2 Å². The number of ketones is 1. The zero-order valence-electron chi connectivity index (χ0n) is 26.6. The summed E-state index contributed by atoms with van der Waals surface area (Å²) in [5.41, 5.74) is 5.39. The number of carbonyl (C=O) groups excluding carboxylic acids is 3. The highest BCUT2D eigenvalue weighted by Crippen LogP contribution is 2.68. The molecule has 3 unspecified atom stereocenters. The number of hydrogen-bond donors (Lipinski definition) is 2. The van der Waals surface area contributed by atoms with Crippen LogP contribution >= 0.6 is 11.8 Å². The van der Waals surface area contributed by atoms with Gasteiger partial charge in [-0.1, -0.05) is 39.8 Å². The third kappa shape index (κ3) is 5.76. The summed E-state index contributed by atoms with van der Waals surface area (Å²) in [6, 6.07) is 2.76. The van der Waals surface area contributed by atoms with Gasteiger partial charge < -0.3 is 25.2 Å². The van der Waals surface area contributed by atoms with E-state index >= 15 is 0 Å². The van der Waals surface area contributed by atoms with E-state index in [4.69, 9.17) is 15.2 Å². The van der Waals surface area contributed by atoms with Crippen molar-refractivity contribution in [3.8, 4) is 0 Å². The average Bonchev–Trinajstić information content (AvgIpc) is 3.39. The number of aromatic nitrogens is 1. The first kappa shape index (κ1) is 33.1. The van der Waals surface area contributed by atoms with Crippen LogP contribution in [0.1, 0.15) is 71.4 Å². The number of thioether (sulfide) groups is 1. The maximum Gasteiger partial charge on any atom is 0.316 e. The van der Waals surface area contributed by atoms with Crippen molar-refractivity contribution in [2.75, 3.05) is 31.2 Å². The molecular formula is C34H49N3O6S. The normalized spacial score (nSPS) is 39.5. The average molecular weight is 628 g/mol. The Balaban J connectivity index is 1.25. The highest BCUT2D eigenvalue weighted by molar-refractivity contribution is 7.99. The molecule has 1 aliphatic heterocycles. The van der Waals surface area contributed by atoms with Crippen molar-refractivity contribution < 1.29 is 29.0 Å². The van der Waals surface area contributed by atoms with E-state index in [0.29, 0.717) is 43.9 Å². The smallest absolute Gasteiger partial charge is 0.316 e. The Morgan fingerprint density at radius 2 is 2.11 bits per heavy atom. The van der Waals surface area contributed by atoms with Gasteiger partial charge in [0.25, 0.3) is 0 Å². The minimum absolute atomic E-state index is 0.0677. The monoisotopic (exact) mass is 627 g/mol. The molecule has 5 rings (SSSR count). The minimum atomic E-state index is -0.786. The van der Waals surface area contributed by atoms with Gasteiger partial charge in [0.05, 0.1) is 24.6 Å². The molecule has 3 N–H and O–H groups in total. The zero-order valence-corrected chi connectivity index (χ0v) is 27.4. The number of aliphatic hydroxyl groups is 1. The second-order valence-electron chi connectivity index (χ2n) is 14.1.